The predicted octanol–water partition coefficient (Wildman–Crippen LogP) is 2.24. The second kappa shape index (κ2) is 5.47. The number of hydrogen-bond acceptors (Lipinski definition) is 2. The van der Waals surface area contributed by atoms with Crippen molar-refractivity contribution in [2.75, 3.05) is 5.75 Å². The summed E-state index contributed by atoms with van der Waals surface area (Å²) in [5, 5.41) is 8.27. The summed E-state index contributed by atoms with van der Waals surface area (Å²) < 4.78 is 0. The van der Waals surface area contributed by atoms with Crippen LogP contribution < -0.4 is 0 Å². The monoisotopic (exact) mass is 176 g/mol. The summed E-state index contributed by atoms with van der Waals surface area (Å²) in [6.45, 7) is 6.02. The van der Waals surface area contributed by atoms with Gasteiger partial charge in [-0.15, -0.1) is 11.8 Å². The quantitative estimate of drug-likeness (QED) is 0.698. The van der Waals surface area contributed by atoms with Crippen LogP contribution in [0.4, 0.5) is 0 Å². The van der Waals surface area contributed by atoms with Crippen molar-refractivity contribution in [3.63, 3.8) is 0 Å². The molecule has 0 amide bonds. The highest BCUT2D eigenvalue weighted by molar-refractivity contribution is 8.00. The Morgan fingerprint density at radius 3 is 2.36 bits per heavy atom. The molecule has 0 bridgehead atoms. The highest BCUT2D eigenvalue weighted by Gasteiger charge is 2.10. The summed E-state index contributed by atoms with van der Waals surface area (Å²) in [4.78, 5) is 10.4. The maximum Gasteiger partial charge on any atom is 0.316 e. The molecule has 0 aromatic rings. The van der Waals surface area contributed by atoms with Crippen LogP contribution in [0.1, 0.15) is 27.2 Å². The molecule has 0 aliphatic heterocycles. The second-order valence-corrected chi connectivity index (χ2v) is 4.48. The molecule has 3 heteroatoms. The Morgan fingerprint density at radius 2 is 2.00 bits per heavy atom. The third-order valence-electron chi connectivity index (χ3n) is 1.41. The molecule has 0 spiro atoms. The zero-order valence-electron chi connectivity index (χ0n) is 7.33. The van der Waals surface area contributed by atoms with Gasteiger partial charge in [-0.05, 0) is 25.0 Å². The Balaban J connectivity index is 3.31. The van der Waals surface area contributed by atoms with Crippen LogP contribution in [0.25, 0.3) is 0 Å². The van der Waals surface area contributed by atoms with Crippen molar-refractivity contribution in [1.29, 1.82) is 0 Å². The van der Waals surface area contributed by atoms with Crippen LogP contribution in [-0.2, 0) is 4.79 Å². The average molecular weight is 176 g/mol. The fourth-order valence-corrected chi connectivity index (χ4v) is 1.66. The first-order chi connectivity index (χ1) is 5.04. The van der Waals surface area contributed by atoms with Crippen LogP contribution >= 0.6 is 11.8 Å². The molecule has 66 valence electrons. The lowest BCUT2D eigenvalue weighted by Gasteiger charge is -2.06. The predicted molar refractivity (Wildman–Crippen MR) is 49.0 cm³/mol. The minimum Gasteiger partial charge on any atom is -0.480 e. The van der Waals surface area contributed by atoms with Gasteiger partial charge in [0, 0.05) is 0 Å². The largest absolute Gasteiger partial charge is 0.480 e. The van der Waals surface area contributed by atoms with E-state index in [1.165, 1.54) is 11.8 Å². The van der Waals surface area contributed by atoms with E-state index in [0.29, 0.717) is 5.92 Å². The van der Waals surface area contributed by atoms with Crippen molar-refractivity contribution < 1.29 is 9.90 Å². The van der Waals surface area contributed by atoms with E-state index in [4.69, 9.17) is 5.11 Å². The van der Waals surface area contributed by atoms with Crippen LogP contribution in [0.15, 0.2) is 0 Å². The van der Waals surface area contributed by atoms with E-state index in [1.807, 2.05) is 0 Å². The van der Waals surface area contributed by atoms with Gasteiger partial charge >= 0.3 is 5.97 Å². The van der Waals surface area contributed by atoms with Crippen molar-refractivity contribution in [1.82, 2.24) is 0 Å². The highest BCUT2D eigenvalue weighted by atomic mass is 32.2. The van der Waals surface area contributed by atoms with Gasteiger partial charge in [0.05, 0.1) is 5.25 Å². The second-order valence-electron chi connectivity index (χ2n) is 3.03. The van der Waals surface area contributed by atoms with Gasteiger partial charge in [0.15, 0.2) is 0 Å². The lowest BCUT2D eigenvalue weighted by Crippen LogP contribution is -2.12. The van der Waals surface area contributed by atoms with Crippen LogP contribution in [0.3, 0.4) is 0 Å². The van der Waals surface area contributed by atoms with Crippen molar-refractivity contribution >= 4 is 17.7 Å². The van der Waals surface area contributed by atoms with Crippen molar-refractivity contribution in [3.8, 4) is 0 Å². The van der Waals surface area contributed by atoms with E-state index in [1.54, 1.807) is 6.92 Å². The summed E-state index contributed by atoms with van der Waals surface area (Å²) in [5.41, 5.74) is 0. The lowest BCUT2D eigenvalue weighted by molar-refractivity contribution is -0.136. The minimum absolute atomic E-state index is 0.256. The SMILES string of the molecule is CC(C)CCSC(C)C(=O)O. The Kier molecular flexibility index (Phi) is 5.38. The first-order valence-electron chi connectivity index (χ1n) is 3.88. The number of thioether (sulfide) groups is 1. The molecule has 0 rings (SSSR count). The van der Waals surface area contributed by atoms with E-state index in [-0.39, 0.29) is 5.25 Å². The van der Waals surface area contributed by atoms with Gasteiger partial charge in [-0.25, -0.2) is 0 Å². The van der Waals surface area contributed by atoms with Gasteiger partial charge in [0.25, 0.3) is 0 Å². The molecule has 1 N–H and O–H groups in total. The molecular formula is C8H16O2S. The zero-order valence-corrected chi connectivity index (χ0v) is 8.15. The van der Waals surface area contributed by atoms with Crippen molar-refractivity contribution in [2.24, 2.45) is 5.92 Å². The van der Waals surface area contributed by atoms with Gasteiger partial charge in [0.2, 0.25) is 0 Å². The van der Waals surface area contributed by atoms with Crippen molar-refractivity contribution in [2.45, 2.75) is 32.4 Å². The van der Waals surface area contributed by atoms with Gasteiger partial charge < -0.3 is 5.11 Å². The summed E-state index contributed by atoms with van der Waals surface area (Å²) in [6, 6.07) is 0. The molecule has 2 nitrogen and oxygen atoms in total. The number of carbonyl (C=O) groups is 1. The molecule has 0 fully saturated rings. The summed E-state index contributed by atoms with van der Waals surface area (Å²) >= 11 is 1.51. The minimum atomic E-state index is -0.709. The lowest BCUT2D eigenvalue weighted by atomic mass is 10.2. The van der Waals surface area contributed by atoms with E-state index >= 15 is 0 Å². The van der Waals surface area contributed by atoms with E-state index in [2.05, 4.69) is 13.8 Å². The number of carboxylic acids is 1. The summed E-state index contributed by atoms with van der Waals surface area (Å²) in [5.74, 6) is 0.910. The van der Waals surface area contributed by atoms with Crippen LogP contribution in [0.5, 0.6) is 0 Å². The molecular weight excluding hydrogens is 160 g/mol. The number of carboxylic acid groups (broad SMARTS) is 1. The molecule has 0 saturated heterocycles. The van der Waals surface area contributed by atoms with Gasteiger partial charge in [-0.1, -0.05) is 13.8 Å². The van der Waals surface area contributed by atoms with E-state index in [0.717, 1.165) is 12.2 Å². The fourth-order valence-electron chi connectivity index (χ4n) is 0.552. The molecule has 1 atom stereocenters. The van der Waals surface area contributed by atoms with Crippen LogP contribution in [-0.4, -0.2) is 22.1 Å². The molecule has 1 unspecified atom stereocenters. The summed E-state index contributed by atoms with van der Waals surface area (Å²) in [7, 11) is 0. The number of rotatable bonds is 5. The van der Waals surface area contributed by atoms with Gasteiger partial charge in [-0.2, -0.15) is 0 Å². The van der Waals surface area contributed by atoms with E-state index in [9.17, 15) is 4.79 Å². The molecule has 0 aliphatic carbocycles. The van der Waals surface area contributed by atoms with Gasteiger partial charge in [-0.3, -0.25) is 4.79 Å². The van der Waals surface area contributed by atoms with Crippen LogP contribution in [0, 0.1) is 5.92 Å². The molecule has 0 aromatic carbocycles. The molecule has 0 aliphatic rings. The Hall–Kier alpha value is -0.180. The summed E-state index contributed by atoms with van der Waals surface area (Å²) in [6.07, 6.45) is 1.10. The van der Waals surface area contributed by atoms with Crippen molar-refractivity contribution in [3.05, 3.63) is 0 Å². The Bertz CT molecular complexity index is 123. The van der Waals surface area contributed by atoms with Gasteiger partial charge in [0.1, 0.15) is 0 Å². The fraction of sp³-hybridized carbons (Fsp3) is 0.875. The normalized spacial score (nSPS) is 13.5. The maximum absolute atomic E-state index is 10.4. The number of aliphatic carboxylic acids is 1. The van der Waals surface area contributed by atoms with Crippen LogP contribution in [0.2, 0.25) is 0 Å². The molecule has 0 radical (unpaired) electrons. The smallest absolute Gasteiger partial charge is 0.316 e. The first kappa shape index (κ1) is 10.8. The first-order valence-corrected chi connectivity index (χ1v) is 4.93. The zero-order chi connectivity index (χ0) is 8.85. The highest BCUT2D eigenvalue weighted by Crippen LogP contribution is 2.14. The molecule has 0 saturated carbocycles. The molecule has 0 heterocycles. The molecule has 0 aromatic heterocycles. The Morgan fingerprint density at radius 1 is 1.45 bits per heavy atom. The van der Waals surface area contributed by atoms with E-state index < -0.39 is 5.97 Å². The average Bonchev–Trinajstić information content (AvgIpc) is 1.86. The standard InChI is InChI=1S/C8H16O2S/c1-6(2)4-5-11-7(3)8(9)10/h6-7H,4-5H2,1-3H3,(H,9,10). The maximum atomic E-state index is 10.4. The number of hydrogen-bond donors (Lipinski definition) is 1. The Labute approximate surface area is 72.4 Å². The molecule has 11 heavy (non-hydrogen) atoms. The third kappa shape index (κ3) is 6.23. The topological polar surface area (TPSA) is 37.3 Å². The third-order valence-corrected chi connectivity index (χ3v) is 2.58.